The lowest BCUT2D eigenvalue weighted by molar-refractivity contribution is -0.385. The van der Waals surface area contributed by atoms with E-state index in [1.807, 2.05) is 32.0 Å². The Morgan fingerprint density at radius 2 is 1.75 bits per heavy atom. The summed E-state index contributed by atoms with van der Waals surface area (Å²) in [5.41, 5.74) is 0.450. The summed E-state index contributed by atoms with van der Waals surface area (Å²) in [6, 6.07) is 12.2. The first-order chi connectivity index (χ1) is 18.8. The second-order valence-electron chi connectivity index (χ2n) is 8.68. The van der Waals surface area contributed by atoms with Gasteiger partial charge >= 0.3 is 11.9 Å². The highest BCUT2D eigenvalue weighted by molar-refractivity contribution is 9.10. The van der Waals surface area contributed by atoms with Crippen LogP contribution in [0.3, 0.4) is 0 Å². The summed E-state index contributed by atoms with van der Waals surface area (Å²) in [5, 5.41) is 10.9. The predicted octanol–water partition coefficient (Wildman–Crippen LogP) is 7.90. The van der Waals surface area contributed by atoms with E-state index in [0.29, 0.717) is 27.9 Å². The molecule has 0 atom stereocenters. The summed E-state index contributed by atoms with van der Waals surface area (Å²) in [6.07, 6.45) is -3.25. The van der Waals surface area contributed by atoms with Crippen LogP contribution in [0, 0.1) is 24.0 Å². The summed E-state index contributed by atoms with van der Waals surface area (Å²) >= 11 is 4.06. The van der Waals surface area contributed by atoms with Crippen LogP contribution in [0.4, 0.5) is 23.7 Å². The first kappa shape index (κ1) is 29.2. The van der Waals surface area contributed by atoms with Gasteiger partial charge in [-0.1, -0.05) is 18.2 Å². The second-order valence-corrected chi connectivity index (χ2v) is 10.5. The maximum Gasteiger partial charge on any atom is 0.416 e. The standard InChI is InChI=1S/C27H20BrF3N2O6S/c1-15-3-4-16(2)23(11-15)38-10-9-32-25(34)24(40-26(32)35)13-17-5-7-21(19(28)12-17)39-22-8-6-18(27(29,30)31)14-20(22)33(36)37/h3-8,11-14H,9-10H2,1-2H3/b24-13-. The topological polar surface area (TPSA) is 99.0 Å². The normalized spacial score (nSPS) is 14.7. The van der Waals surface area contributed by atoms with E-state index in [2.05, 4.69) is 15.9 Å². The number of amides is 2. The first-order valence-electron chi connectivity index (χ1n) is 11.6. The number of rotatable bonds is 8. The molecule has 13 heteroatoms. The lowest BCUT2D eigenvalue weighted by atomic mass is 10.1. The summed E-state index contributed by atoms with van der Waals surface area (Å²) in [6.45, 7) is 4.03. The van der Waals surface area contributed by atoms with Crippen LogP contribution in [0.5, 0.6) is 17.2 Å². The monoisotopic (exact) mass is 636 g/mol. The van der Waals surface area contributed by atoms with Crippen molar-refractivity contribution in [2.75, 3.05) is 13.2 Å². The van der Waals surface area contributed by atoms with Crippen molar-refractivity contribution in [1.29, 1.82) is 0 Å². The Kier molecular flexibility index (Phi) is 8.54. The van der Waals surface area contributed by atoms with Gasteiger partial charge in [0.2, 0.25) is 5.75 Å². The van der Waals surface area contributed by atoms with Crippen molar-refractivity contribution >= 4 is 50.6 Å². The van der Waals surface area contributed by atoms with E-state index in [1.165, 1.54) is 18.2 Å². The Morgan fingerprint density at radius 3 is 2.42 bits per heavy atom. The van der Waals surface area contributed by atoms with Crippen LogP contribution in [0.15, 0.2) is 64.0 Å². The van der Waals surface area contributed by atoms with E-state index >= 15 is 0 Å². The van der Waals surface area contributed by atoms with Crippen LogP contribution in [-0.4, -0.2) is 34.1 Å². The third-order valence-corrected chi connectivity index (χ3v) is 7.27. The molecule has 0 aromatic heterocycles. The van der Waals surface area contributed by atoms with Crippen LogP contribution < -0.4 is 9.47 Å². The number of nitrogens with zero attached hydrogens (tertiary/aromatic N) is 2. The molecule has 0 aliphatic carbocycles. The lowest BCUT2D eigenvalue weighted by Crippen LogP contribution is -2.32. The molecule has 0 bridgehead atoms. The van der Waals surface area contributed by atoms with Crippen LogP contribution in [0.25, 0.3) is 6.08 Å². The summed E-state index contributed by atoms with van der Waals surface area (Å²) in [4.78, 5) is 37.0. The van der Waals surface area contributed by atoms with Gasteiger partial charge in [-0.05, 0) is 94.6 Å². The number of nitro groups is 1. The molecule has 2 amide bonds. The van der Waals surface area contributed by atoms with Crippen molar-refractivity contribution in [2.45, 2.75) is 20.0 Å². The molecule has 208 valence electrons. The zero-order chi connectivity index (χ0) is 29.2. The van der Waals surface area contributed by atoms with Gasteiger partial charge < -0.3 is 9.47 Å². The Balaban J connectivity index is 1.46. The smallest absolute Gasteiger partial charge is 0.416 e. The molecule has 3 aromatic rings. The van der Waals surface area contributed by atoms with E-state index in [0.717, 1.165) is 33.9 Å². The summed E-state index contributed by atoms with van der Waals surface area (Å²) in [7, 11) is 0. The van der Waals surface area contributed by atoms with Gasteiger partial charge in [-0.15, -0.1) is 0 Å². The number of imide groups is 1. The van der Waals surface area contributed by atoms with Gasteiger partial charge in [-0.3, -0.25) is 24.6 Å². The Hall–Kier alpha value is -3.84. The largest absolute Gasteiger partial charge is 0.491 e. The minimum atomic E-state index is -4.75. The molecule has 1 fully saturated rings. The molecule has 0 spiro atoms. The molecular formula is C27H20BrF3N2O6S. The number of carbonyl (C=O) groups is 2. The van der Waals surface area contributed by atoms with Gasteiger partial charge in [0.25, 0.3) is 11.1 Å². The molecule has 0 saturated carbocycles. The van der Waals surface area contributed by atoms with Crippen molar-refractivity contribution in [3.05, 3.63) is 96.3 Å². The minimum Gasteiger partial charge on any atom is -0.491 e. The van der Waals surface area contributed by atoms with Gasteiger partial charge in [0.15, 0.2) is 0 Å². The maximum atomic E-state index is 13.0. The van der Waals surface area contributed by atoms with Gasteiger partial charge in [-0.25, -0.2) is 0 Å². The van der Waals surface area contributed by atoms with Crippen molar-refractivity contribution in [2.24, 2.45) is 0 Å². The number of hydrogen-bond donors (Lipinski definition) is 0. The van der Waals surface area contributed by atoms with E-state index in [4.69, 9.17) is 9.47 Å². The van der Waals surface area contributed by atoms with Gasteiger partial charge in [0, 0.05) is 6.07 Å². The maximum absolute atomic E-state index is 13.0. The SMILES string of the molecule is Cc1ccc(C)c(OCCN2C(=O)S/C(=C\c3ccc(Oc4ccc(C(F)(F)F)cc4[N+](=O)[O-])c(Br)c3)C2=O)c1. The molecule has 1 saturated heterocycles. The Labute approximate surface area is 239 Å². The Bertz CT molecular complexity index is 1540. The molecule has 0 N–H and O–H groups in total. The van der Waals surface area contributed by atoms with Crippen molar-refractivity contribution in [1.82, 2.24) is 4.90 Å². The molecule has 3 aromatic carbocycles. The Morgan fingerprint density at radius 1 is 1.02 bits per heavy atom. The molecule has 1 aliphatic rings. The van der Waals surface area contributed by atoms with E-state index in [9.17, 15) is 32.9 Å². The first-order valence-corrected chi connectivity index (χ1v) is 13.2. The predicted molar refractivity (Wildman–Crippen MR) is 146 cm³/mol. The van der Waals surface area contributed by atoms with Gasteiger partial charge in [-0.2, -0.15) is 13.2 Å². The number of aryl methyl sites for hydroxylation is 2. The summed E-state index contributed by atoms with van der Waals surface area (Å²) < 4.78 is 50.5. The third kappa shape index (κ3) is 6.65. The molecule has 0 radical (unpaired) electrons. The van der Waals surface area contributed by atoms with E-state index in [-0.39, 0.29) is 29.6 Å². The van der Waals surface area contributed by atoms with Crippen molar-refractivity contribution in [3.8, 4) is 17.2 Å². The fourth-order valence-corrected chi connectivity index (χ4v) is 5.03. The molecule has 40 heavy (non-hydrogen) atoms. The second kappa shape index (κ2) is 11.7. The van der Waals surface area contributed by atoms with Crippen LogP contribution in [0.2, 0.25) is 0 Å². The average molecular weight is 637 g/mol. The van der Waals surface area contributed by atoms with E-state index < -0.39 is 33.5 Å². The van der Waals surface area contributed by atoms with Crippen molar-refractivity contribution in [3.63, 3.8) is 0 Å². The molecule has 8 nitrogen and oxygen atoms in total. The number of thioether (sulfide) groups is 1. The fraction of sp³-hybridized carbons (Fsp3) is 0.185. The highest BCUT2D eigenvalue weighted by atomic mass is 79.9. The highest BCUT2D eigenvalue weighted by Gasteiger charge is 2.35. The number of nitro benzene ring substituents is 1. The quantitative estimate of drug-likeness (QED) is 0.141. The molecule has 0 unspecified atom stereocenters. The number of hydrogen-bond acceptors (Lipinski definition) is 7. The number of ether oxygens (including phenoxy) is 2. The molecule has 1 aliphatic heterocycles. The lowest BCUT2D eigenvalue weighted by Gasteiger charge is -2.14. The molecular weight excluding hydrogens is 617 g/mol. The third-order valence-electron chi connectivity index (χ3n) is 5.75. The molecule has 4 rings (SSSR count). The van der Waals surface area contributed by atoms with E-state index in [1.54, 1.807) is 6.07 Å². The van der Waals surface area contributed by atoms with Crippen LogP contribution in [0.1, 0.15) is 22.3 Å². The number of alkyl halides is 3. The number of benzene rings is 3. The van der Waals surface area contributed by atoms with Crippen molar-refractivity contribution < 1.29 is 37.2 Å². The van der Waals surface area contributed by atoms with Gasteiger partial charge in [0.05, 0.1) is 26.4 Å². The average Bonchev–Trinajstić information content (AvgIpc) is 3.14. The zero-order valence-electron chi connectivity index (χ0n) is 21.0. The van der Waals surface area contributed by atoms with Gasteiger partial charge in [0.1, 0.15) is 18.1 Å². The fourth-order valence-electron chi connectivity index (χ4n) is 3.68. The number of halogens is 4. The summed E-state index contributed by atoms with van der Waals surface area (Å²) in [5.74, 6) is -0.0833. The molecule has 1 heterocycles. The van der Waals surface area contributed by atoms with Crippen LogP contribution in [-0.2, 0) is 11.0 Å². The zero-order valence-corrected chi connectivity index (χ0v) is 23.4. The highest BCUT2D eigenvalue weighted by Crippen LogP contribution is 2.40. The minimum absolute atomic E-state index is 0.0672. The number of carbonyl (C=O) groups excluding carboxylic acids is 2. The van der Waals surface area contributed by atoms with Crippen LogP contribution >= 0.6 is 27.7 Å².